The minimum atomic E-state index is -0.283. The maximum Gasteiger partial charge on any atom is 0.267 e. The Balaban J connectivity index is 1.27. The molecule has 4 aromatic rings. The van der Waals surface area contributed by atoms with Gasteiger partial charge in [-0.15, -0.1) is 0 Å². The van der Waals surface area contributed by atoms with Gasteiger partial charge in [-0.25, -0.2) is 0 Å². The minimum Gasteiger partial charge on any atom is -0.493 e. The van der Waals surface area contributed by atoms with Crippen molar-refractivity contribution in [1.82, 2.24) is 29.7 Å². The standard InChI is InChI=1S/C28H33N7O4S/c1-4-33-9-11-34(12-10-33)27(37)17-5-6-20-18(13-17)14-22(31-20)26(36)30-7-8-35-25(29)19-15-23(38-2)24(39-3)16-21(19)32-28(35)40/h5-6,13-16,29,31H,4,7-12H2,1-3H3,(H,30,36)(H,32,40). The van der Waals surface area contributed by atoms with Gasteiger partial charge >= 0.3 is 0 Å². The third-order valence-corrected chi connectivity index (χ3v) is 7.70. The van der Waals surface area contributed by atoms with Gasteiger partial charge in [0.1, 0.15) is 11.2 Å². The Labute approximate surface area is 236 Å². The van der Waals surface area contributed by atoms with Crippen molar-refractivity contribution in [2.24, 2.45) is 0 Å². The van der Waals surface area contributed by atoms with Crippen LogP contribution in [0, 0.1) is 10.2 Å². The molecule has 12 heteroatoms. The van der Waals surface area contributed by atoms with E-state index in [0.29, 0.717) is 58.1 Å². The summed E-state index contributed by atoms with van der Waals surface area (Å²) in [6.45, 7) is 6.87. The molecule has 0 saturated carbocycles. The number of fused-ring (bicyclic) bond motifs is 2. The molecule has 1 aliphatic heterocycles. The molecule has 0 unspecified atom stereocenters. The number of piperazine rings is 1. The van der Waals surface area contributed by atoms with E-state index in [1.807, 2.05) is 17.0 Å². The van der Waals surface area contributed by atoms with Gasteiger partial charge < -0.3 is 39.1 Å². The Morgan fingerprint density at radius 2 is 1.73 bits per heavy atom. The third-order valence-electron chi connectivity index (χ3n) is 7.38. The molecule has 2 amide bonds. The van der Waals surface area contributed by atoms with Crippen LogP contribution < -0.4 is 20.3 Å². The van der Waals surface area contributed by atoms with E-state index in [1.165, 1.54) is 0 Å². The van der Waals surface area contributed by atoms with Crippen LogP contribution in [0.5, 0.6) is 11.5 Å². The highest BCUT2D eigenvalue weighted by molar-refractivity contribution is 7.71. The molecule has 0 aliphatic carbocycles. The Kier molecular flexibility index (Phi) is 7.90. The van der Waals surface area contributed by atoms with Gasteiger partial charge in [-0.2, -0.15) is 0 Å². The summed E-state index contributed by atoms with van der Waals surface area (Å²) >= 11 is 5.48. The second kappa shape index (κ2) is 11.5. The van der Waals surface area contributed by atoms with Crippen molar-refractivity contribution >= 4 is 45.8 Å². The molecule has 1 saturated heterocycles. The first-order valence-corrected chi connectivity index (χ1v) is 13.6. The predicted octanol–water partition coefficient (Wildman–Crippen LogP) is 2.88. The zero-order valence-electron chi connectivity index (χ0n) is 22.8. The highest BCUT2D eigenvalue weighted by Crippen LogP contribution is 2.30. The van der Waals surface area contributed by atoms with E-state index < -0.39 is 0 Å². The number of hydrogen-bond acceptors (Lipinski definition) is 7. The number of ether oxygens (including phenoxy) is 2. The van der Waals surface area contributed by atoms with Gasteiger partial charge in [0.25, 0.3) is 11.8 Å². The van der Waals surface area contributed by atoms with Crippen molar-refractivity contribution in [2.75, 3.05) is 53.5 Å². The summed E-state index contributed by atoms with van der Waals surface area (Å²) in [4.78, 5) is 36.4. The SMILES string of the molecule is CCN1CCN(C(=O)c2ccc3[nH]c(C(=O)NCCn4c(=S)[nH]c5cc(OC)c(OC)cc5c4=N)cc3c2)CC1. The smallest absolute Gasteiger partial charge is 0.267 e. The van der Waals surface area contributed by atoms with Crippen molar-refractivity contribution in [1.29, 1.82) is 5.41 Å². The number of nitrogens with zero attached hydrogens (tertiary/aromatic N) is 3. The van der Waals surface area contributed by atoms with Gasteiger partial charge in [0.05, 0.1) is 19.7 Å². The van der Waals surface area contributed by atoms with Crippen LogP contribution in [-0.2, 0) is 6.54 Å². The number of rotatable bonds is 8. The van der Waals surface area contributed by atoms with E-state index in [9.17, 15) is 9.59 Å². The highest BCUT2D eigenvalue weighted by atomic mass is 32.1. The van der Waals surface area contributed by atoms with Crippen LogP contribution in [0.1, 0.15) is 27.8 Å². The van der Waals surface area contributed by atoms with Crippen LogP contribution in [0.15, 0.2) is 36.4 Å². The van der Waals surface area contributed by atoms with Crippen LogP contribution in [0.4, 0.5) is 0 Å². The van der Waals surface area contributed by atoms with E-state index in [4.69, 9.17) is 27.1 Å². The van der Waals surface area contributed by atoms with Gasteiger partial charge in [0, 0.05) is 67.2 Å². The van der Waals surface area contributed by atoms with E-state index in [0.717, 1.165) is 30.5 Å². The second-order valence-electron chi connectivity index (χ2n) is 9.65. The molecule has 40 heavy (non-hydrogen) atoms. The summed E-state index contributed by atoms with van der Waals surface area (Å²) in [5.74, 6) is 0.774. The molecular formula is C28H33N7O4S. The fourth-order valence-electron chi connectivity index (χ4n) is 5.04. The highest BCUT2D eigenvalue weighted by Gasteiger charge is 2.22. The molecule has 5 rings (SSSR count). The number of nitrogens with one attached hydrogen (secondary N) is 4. The molecule has 3 heterocycles. The fraction of sp³-hybridized carbons (Fsp3) is 0.357. The fourth-order valence-corrected chi connectivity index (χ4v) is 5.33. The van der Waals surface area contributed by atoms with E-state index >= 15 is 0 Å². The molecule has 0 spiro atoms. The third kappa shape index (κ3) is 5.32. The Hall–Kier alpha value is -4.16. The van der Waals surface area contributed by atoms with Gasteiger partial charge in [-0.05, 0) is 49.1 Å². The van der Waals surface area contributed by atoms with E-state index in [1.54, 1.807) is 43.1 Å². The lowest BCUT2D eigenvalue weighted by atomic mass is 10.1. The first-order chi connectivity index (χ1) is 19.3. The van der Waals surface area contributed by atoms with Gasteiger partial charge in [-0.1, -0.05) is 6.92 Å². The number of H-pyrrole nitrogens is 2. The average molecular weight is 564 g/mol. The Morgan fingerprint density at radius 1 is 1.00 bits per heavy atom. The molecule has 0 radical (unpaired) electrons. The number of benzene rings is 2. The summed E-state index contributed by atoms with van der Waals surface area (Å²) < 4.78 is 12.7. The summed E-state index contributed by atoms with van der Waals surface area (Å²) in [5, 5.41) is 13.0. The number of amides is 2. The summed E-state index contributed by atoms with van der Waals surface area (Å²) in [7, 11) is 3.09. The van der Waals surface area contributed by atoms with Crippen LogP contribution in [0.25, 0.3) is 21.8 Å². The van der Waals surface area contributed by atoms with E-state index in [-0.39, 0.29) is 23.8 Å². The zero-order chi connectivity index (χ0) is 28.4. The summed E-state index contributed by atoms with van der Waals surface area (Å²) in [5.41, 5.74) is 2.65. The zero-order valence-corrected chi connectivity index (χ0v) is 23.6. The van der Waals surface area contributed by atoms with Crippen molar-refractivity contribution in [3.8, 4) is 11.5 Å². The molecule has 1 aliphatic rings. The molecule has 0 bridgehead atoms. The van der Waals surface area contributed by atoms with Crippen LogP contribution in [-0.4, -0.2) is 89.6 Å². The first kappa shape index (κ1) is 27.4. The first-order valence-electron chi connectivity index (χ1n) is 13.2. The van der Waals surface area contributed by atoms with Crippen molar-refractivity contribution in [3.63, 3.8) is 0 Å². The lowest BCUT2D eigenvalue weighted by Crippen LogP contribution is -2.48. The normalized spacial score (nSPS) is 14.0. The molecule has 1 fully saturated rings. The molecule has 0 atom stereocenters. The molecule has 2 aromatic carbocycles. The Morgan fingerprint density at radius 3 is 2.42 bits per heavy atom. The number of carbonyl (C=O) groups is 2. The number of carbonyl (C=O) groups excluding carboxylic acids is 2. The van der Waals surface area contributed by atoms with Gasteiger partial charge in [0.2, 0.25) is 0 Å². The largest absolute Gasteiger partial charge is 0.493 e. The number of methoxy groups -OCH3 is 2. The number of likely N-dealkylation sites (N-methyl/N-ethyl adjacent to an activating group) is 1. The minimum absolute atomic E-state index is 0.0102. The molecular weight excluding hydrogens is 530 g/mol. The molecule has 11 nitrogen and oxygen atoms in total. The summed E-state index contributed by atoms with van der Waals surface area (Å²) in [6.07, 6.45) is 0. The molecule has 4 N–H and O–H groups in total. The average Bonchev–Trinajstić information content (AvgIpc) is 3.41. The van der Waals surface area contributed by atoms with Crippen molar-refractivity contribution in [2.45, 2.75) is 13.5 Å². The molecule has 2 aromatic heterocycles. The van der Waals surface area contributed by atoms with Crippen LogP contribution in [0.3, 0.4) is 0 Å². The van der Waals surface area contributed by atoms with Gasteiger partial charge in [0.15, 0.2) is 16.3 Å². The number of aromatic amines is 2. The Bertz CT molecular complexity index is 1700. The molecule has 210 valence electrons. The number of hydrogen-bond donors (Lipinski definition) is 4. The summed E-state index contributed by atoms with van der Waals surface area (Å²) in [6, 6.07) is 10.7. The monoisotopic (exact) mass is 563 g/mol. The second-order valence-corrected chi connectivity index (χ2v) is 10.0. The van der Waals surface area contributed by atoms with E-state index in [2.05, 4.69) is 27.1 Å². The van der Waals surface area contributed by atoms with Crippen LogP contribution in [0.2, 0.25) is 0 Å². The maximum absolute atomic E-state index is 13.0. The lowest BCUT2D eigenvalue weighted by molar-refractivity contribution is 0.0643. The van der Waals surface area contributed by atoms with Crippen molar-refractivity contribution in [3.05, 3.63) is 57.9 Å². The number of aromatic nitrogens is 3. The predicted molar refractivity (Wildman–Crippen MR) is 155 cm³/mol. The van der Waals surface area contributed by atoms with Crippen molar-refractivity contribution < 1.29 is 19.1 Å². The van der Waals surface area contributed by atoms with Gasteiger partial charge in [-0.3, -0.25) is 15.0 Å². The maximum atomic E-state index is 13.0. The quantitative estimate of drug-likeness (QED) is 0.244. The topological polar surface area (TPSA) is 131 Å². The lowest BCUT2D eigenvalue weighted by Gasteiger charge is -2.34. The van der Waals surface area contributed by atoms with Crippen LogP contribution >= 0.6 is 12.2 Å².